The zero-order valence-corrected chi connectivity index (χ0v) is 13.3. The van der Waals surface area contributed by atoms with Crippen molar-refractivity contribution in [2.45, 2.75) is 0 Å². The summed E-state index contributed by atoms with van der Waals surface area (Å²) >= 11 is 1.57. The molecule has 2 heterocycles. The Kier molecular flexibility index (Phi) is 3.66. The molecule has 0 amide bonds. The first-order valence-corrected chi connectivity index (χ1v) is 8.21. The maximum Gasteiger partial charge on any atom is 0.230 e. The standard InChI is InChI=1S/C19H11N3OS/c20-12-13-6-1-4-9-16(13)23-19-14-7-2-3-8-15(14)21-18(22-19)17-10-5-11-24-17/h1-11H. The molecule has 2 aromatic carbocycles. The minimum atomic E-state index is 0.451. The zero-order valence-electron chi connectivity index (χ0n) is 12.5. The molecule has 0 aliphatic rings. The van der Waals surface area contributed by atoms with Gasteiger partial charge in [-0.15, -0.1) is 11.3 Å². The van der Waals surface area contributed by atoms with Crippen LogP contribution < -0.4 is 4.74 Å². The van der Waals surface area contributed by atoms with E-state index in [1.165, 1.54) is 0 Å². The van der Waals surface area contributed by atoms with Crippen LogP contribution in [0.25, 0.3) is 21.6 Å². The van der Waals surface area contributed by atoms with Gasteiger partial charge in [0.2, 0.25) is 5.88 Å². The highest BCUT2D eigenvalue weighted by atomic mass is 32.1. The van der Waals surface area contributed by atoms with Gasteiger partial charge in [0.05, 0.1) is 21.3 Å². The Morgan fingerprint density at radius 3 is 2.58 bits per heavy atom. The fraction of sp³-hybridized carbons (Fsp3) is 0. The van der Waals surface area contributed by atoms with E-state index >= 15 is 0 Å². The van der Waals surface area contributed by atoms with Crippen LogP contribution in [-0.4, -0.2) is 9.97 Å². The van der Waals surface area contributed by atoms with Crippen LogP contribution in [0.5, 0.6) is 11.6 Å². The van der Waals surface area contributed by atoms with Crippen molar-refractivity contribution in [3.8, 4) is 28.4 Å². The molecule has 24 heavy (non-hydrogen) atoms. The predicted octanol–water partition coefficient (Wildman–Crippen LogP) is 5.02. The third-order valence-corrected chi connectivity index (χ3v) is 4.39. The summed E-state index contributed by atoms with van der Waals surface area (Å²) in [5, 5.41) is 12.0. The summed E-state index contributed by atoms with van der Waals surface area (Å²) in [6, 6.07) is 20.9. The molecule has 0 saturated heterocycles. The third kappa shape index (κ3) is 2.60. The molecular formula is C19H11N3OS. The molecular weight excluding hydrogens is 318 g/mol. The van der Waals surface area contributed by atoms with Crippen LogP contribution in [0.1, 0.15) is 5.56 Å². The fourth-order valence-electron chi connectivity index (χ4n) is 2.39. The number of rotatable bonds is 3. The van der Waals surface area contributed by atoms with Crippen LogP contribution in [-0.2, 0) is 0 Å². The van der Waals surface area contributed by atoms with Gasteiger partial charge in [-0.05, 0) is 35.7 Å². The number of para-hydroxylation sites is 2. The van der Waals surface area contributed by atoms with Crippen molar-refractivity contribution in [2.75, 3.05) is 0 Å². The average molecular weight is 329 g/mol. The Bertz CT molecular complexity index is 1050. The lowest BCUT2D eigenvalue weighted by Gasteiger charge is -2.10. The SMILES string of the molecule is N#Cc1ccccc1Oc1nc(-c2cccs2)nc2ccccc12. The molecule has 0 aliphatic heterocycles. The smallest absolute Gasteiger partial charge is 0.230 e. The molecule has 5 heteroatoms. The largest absolute Gasteiger partial charge is 0.437 e. The Labute approximate surface area is 142 Å². The molecule has 2 aromatic heterocycles. The highest BCUT2D eigenvalue weighted by Gasteiger charge is 2.13. The summed E-state index contributed by atoms with van der Waals surface area (Å²) in [5.74, 6) is 1.56. The van der Waals surface area contributed by atoms with E-state index in [4.69, 9.17) is 4.74 Å². The molecule has 4 rings (SSSR count). The predicted molar refractivity (Wildman–Crippen MR) is 94.1 cm³/mol. The Hall–Kier alpha value is -3.23. The quantitative estimate of drug-likeness (QED) is 0.529. The van der Waals surface area contributed by atoms with E-state index in [0.717, 1.165) is 15.8 Å². The normalized spacial score (nSPS) is 10.5. The molecule has 114 valence electrons. The molecule has 0 atom stereocenters. The van der Waals surface area contributed by atoms with Crippen LogP contribution >= 0.6 is 11.3 Å². The first-order valence-electron chi connectivity index (χ1n) is 7.33. The van der Waals surface area contributed by atoms with Gasteiger partial charge < -0.3 is 4.74 Å². The highest BCUT2D eigenvalue weighted by molar-refractivity contribution is 7.13. The van der Waals surface area contributed by atoms with Gasteiger partial charge in [-0.2, -0.15) is 10.2 Å². The van der Waals surface area contributed by atoms with E-state index in [9.17, 15) is 5.26 Å². The molecule has 0 bridgehead atoms. The van der Waals surface area contributed by atoms with E-state index in [-0.39, 0.29) is 0 Å². The number of fused-ring (bicyclic) bond motifs is 1. The monoisotopic (exact) mass is 329 g/mol. The number of nitrogens with zero attached hydrogens (tertiary/aromatic N) is 3. The van der Waals surface area contributed by atoms with Crippen molar-refractivity contribution < 1.29 is 4.74 Å². The Balaban J connectivity index is 1.89. The van der Waals surface area contributed by atoms with Crippen molar-refractivity contribution in [3.05, 3.63) is 71.6 Å². The average Bonchev–Trinajstić information content (AvgIpc) is 3.17. The minimum Gasteiger partial charge on any atom is -0.437 e. The summed E-state index contributed by atoms with van der Waals surface area (Å²) in [6.45, 7) is 0. The summed E-state index contributed by atoms with van der Waals surface area (Å²) in [5.41, 5.74) is 1.28. The Morgan fingerprint density at radius 2 is 1.75 bits per heavy atom. The second-order valence-electron chi connectivity index (χ2n) is 5.06. The molecule has 0 saturated carbocycles. The van der Waals surface area contributed by atoms with Crippen LogP contribution in [0.2, 0.25) is 0 Å². The Morgan fingerprint density at radius 1 is 0.917 bits per heavy atom. The van der Waals surface area contributed by atoms with Gasteiger partial charge in [0.1, 0.15) is 11.8 Å². The van der Waals surface area contributed by atoms with Gasteiger partial charge in [-0.25, -0.2) is 4.98 Å². The molecule has 4 aromatic rings. The molecule has 0 aliphatic carbocycles. The van der Waals surface area contributed by atoms with Crippen molar-refractivity contribution in [1.82, 2.24) is 9.97 Å². The van der Waals surface area contributed by atoms with Crippen LogP contribution in [0.4, 0.5) is 0 Å². The number of nitriles is 1. The van der Waals surface area contributed by atoms with E-state index in [1.54, 1.807) is 29.5 Å². The number of thiophene rings is 1. The summed E-state index contributed by atoms with van der Waals surface area (Å²) in [6.07, 6.45) is 0. The maximum absolute atomic E-state index is 9.25. The van der Waals surface area contributed by atoms with Crippen LogP contribution in [0, 0.1) is 11.3 Å². The van der Waals surface area contributed by atoms with E-state index < -0.39 is 0 Å². The molecule has 4 nitrogen and oxygen atoms in total. The number of aromatic nitrogens is 2. The molecule has 0 N–H and O–H groups in total. The number of hydrogen-bond acceptors (Lipinski definition) is 5. The fourth-order valence-corrected chi connectivity index (χ4v) is 3.05. The van der Waals surface area contributed by atoms with Gasteiger partial charge in [0.25, 0.3) is 0 Å². The van der Waals surface area contributed by atoms with Crippen LogP contribution in [0.3, 0.4) is 0 Å². The first kappa shape index (κ1) is 14.4. The van der Waals surface area contributed by atoms with Gasteiger partial charge in [0, 0.05) is 0 Å². The number of hydrogen-bond donors (Lipinski definition) is 0. The second kappa shape index (κ2) is 6.11. The van der Waals surface area contributed by atoms with Gasteiger partial charge in [-0.1, -0.05) is 30.3 Å². The molecule has 0 unspecified atom stereocenters. The minimum absolute atomic E-state index is 0.451. The third-order valence-electron chi connectivity index (χ3n) is 3.52. The zero-order chi connectivity index (χ0) is 16.4. The van der Waals surface area contributed by atoms with Crippen molar-refractivity contribution in [2.24, 2.45) is 0 Å². The van der Waals surface area contributed by atoms with Gasteiger partial charge in [0.15, 0.2) is 5.82 Å². The number of ether oxygens (including phenoxy) is 1. The molecule has 0 fully saturated rings. The number of benzene rings is 2. The first-order chi connectivity index (χ1) is 11.8. The lowest BCUT2D eigenvalue weighted by Crippen LogP contribution is -1.96. The van der Waals surface area contributed by atoms with Gasteiger partial charge >= 0.3 is 0 Å². The second-order valence-corrected chi connectivity index (χ2v) is 6.00. The van der Waals surface area contributed by atoms with E-state index in [1.807, 2.05) is 47.8 Å². The van der Waals surface area contributed by atoms with E-state index in [0.29, 0.717) is 23.0 Å². The highest BCUT2D eigenvalue weighted by Crippen LogP contribution is 2.32. The van der Waals surface area contributed by atoms with Crippen molar-refractivity contribution >= 4 is 22.2 Å². The summed E-state index contributed by atoms with van der Waals surface area (Å²) < 4.78 is 5.98. The van der Waals surface area contributed by atoms with Gasteiger partial charge in [-0.3, -0.25) is 0 Å². The summed E-state index contributed by atoms with van der Waals surface area (Å²) in [7, 11) is 0. The van der Waals surface area contributed by atoms with Crippen LogP contribution in [0.15, 0.2) is 66.0 Å². The molecule has 0 spiro atoms. The van der Waals surface area contributed by atoms with E-state index in [2.05, 4.69) is 16.0 Å². The lowest BCUT2D eigenvalue weighted by molar-refractivity contribution is 0.467. The lowest BCUT2D eigenvalue weighted by atomic mass is 10.2. The maximum atomic E-state index is 9.25. The van der Waals surface area contributed by atoms with Crippen molar-refractivity contribution in [1.29, 1.82) is 5.26 Å². The summed E-state index contributed by atoms with van der Waals surface area (Å²) in [4.78, 5) is 10.2. The topological polar surface area (TPSA) is 58.8 Å². The molecule has 0 radical (unpaired) electrons. The van der Waals surface area contributed by atoms with Crippen molar-refractivity contribution in [3.63, 3.8) is 0 Å².